The summed E-state index contributed by atoms with van der Waals surface area (Å²) in [5.41, 5.74) is 1.25. The van der Waals surface area contributed by atoms with Crippen molar-refractivity contribution in [3.8, 4) is 0 Å². The molecule has 3 aromatic rings. The molecule has 0 saturated heterocycles. The van der Waals surface area contributed by atoms with E-state index in [4.69, 9.17) is 16.3 Å². The maximum atomic E-state index is 13.4. The van der Waals surface area contributed by atoms with E-state index in [0.717, 1.165) is 16.0 Å². The summed E-state index contributed by atoms with van der Waals surface area (Å²) in [6.45, 7) is 7.53. The maximum absolute atomic E-state index is 13.4. The number of hydrogen-bond acceptors (Lipinski definition) is 4. The van der Waals surface area contributed by atoms with E-state index in [1.807, 2.05) is 94.4 Å². The summed E-state index contributed by atoms with van der Waals surface area (Å²) in [7, 11) is -1.54. The van der Waals surface area contributed by atoms with Crippen LogP contribution in [0.1, 0.15) is 37.9 Å². The molecule has 0 heterocycles. The van der Waals surface area contributed by atoms with Gasteiger partial charge in [0.05, 0.1) is 16.9 Å². The molecule has 7 heteroatoms. The second-order valence-corrected chi connectivity index (χ2v) is 11.8. The first-order chi connectivity index (χ1) is 16.1. The predicted octanol–water partition coefficient (Wildman–Crippen LogP) is 6.75. The van der Waals surface area contributed by atoms with Gasteiger partial charge >= 0.3 is 5.97 Å². The first-order valence-corrected chi connectivity index (χ1v) is 13.5. The number of benzene rings is 3. The zero-order valence-corrected chi connectivity index (χ0v) is 22.2. The van der Waals surface area contributed by atoms with Gasteiger partial charge < -0.3 is 4.74 Å². The minimum absolute atomic E-state index is 0.343. The van der Waals surface area contributed by atoms with Crippen molar-refractivity contribution in [3.63, 3.8) is 0 Å². The van der Waals surface area contributed by atoms with Crippen molar-refractivity contribution >= 4 is 40.3 Å². The number of esters is 1. The first kappa shape index (κ1) is 26.5. The summed E-state index contributed by atoms with van der Waals surface area (Å²) >= 11 is 7.70. The van der Waals surface area contributed by atoms with E-state index in [0.29, 0.717) is 15.7 Å². The van der Waals surface area contributed by atoms with Crippen LogP contribution in [0.5, 0.6) is 0 Å². The maximum Gasteiger partial charge on any atom is 0.312 e. The van der Waals surface area contributed by atoms with E-state index >= 15 is 0 Å². The van der Waals surface area contributed by atoms with Gasteiger partial charge in [0.1, 0.15) is 16.6 Å². The number of carbonyl (C=O) groups excluding carboxylic acids is 1. The van der Waals surface area contributed by atoms with Crippen LogP contribution in [0, 0.1) is 12.8 Å². The molecule has 0 spiro atoms. The molecule has 0 aliphatic carbocycles. The van der Waals surface area contributed by atoms with Crippen molar-refractivity contribution in [2.45, 2.75) is 49.1 Å². The molecule has 3 aromatic carbocycles. The second-order valence-electron chi connectivity index (χ2n) is 8.99. The van der Waals surface area contributed by atoms with E-state index in [1.165, 1.54) is 0 Å². The van der Waals surface area contributed by atoms with Gasteiger partial charge in [-0.2, -0.15) is 0 Å². The third-order valence-corrected chi connectivity index (χ3v) is 7.53. The Morgan fingerprint density at radius 3 is 2.21 bits per heavy atom. The normalized spacial score (nSPS) is 14.3. The molecule has 4 nitrogen and oxygen atoms in total. The van der Waals surface area contributed by atoms with Crippen LogP contribution in [-0.2, 0) is 20.5 Å². The lowest BCUT2D eigenvalue weighted by Gasteiger charge is -2.30. The topological polar surface area (TPSA) is 55.4 Å². The number of ether oxygens (including phenoxy) is 1. The molecule has 0 unspecified atom stereocenters. The molecule has 0 aliphatic rings. The monoisotopic (exact) mass is 515 g/mol. The van der Waals surface area contributed by atoms with Gasteiger partial charge in [-0.1, -0.05) is 59.6 Å². The largest absolute Gasteiger partial charge is 0.460 e. The molecule has 0 aromatic heterocycles. The predicted molar refractivity (Wildman–Crippen MR) is 141 cm³/mol. The Bertz CT molecular complexity index is 1100. The molecule has 1 N–H and O–H groups in total. The highest BCUT2D eigenvalue weighted by Gasteiger charge is 2.34. The van der Waals surface area contributed by atoms with Gasteiger partial charge in [-0.3, -0.25) is 4.79 Å². The van der Waals surface area contributed by atoms with Gasteiger partial charge in [-0.05, 0) is 69.7 Å². The molecule has 0 saturated carbocycles. The molecule has 3 atom stereocenters. The number of thioether (sulfide) groups is 1. The average Bonchev–Trinajstić information content (AvgIpc) is 2.79. The molecule has 3 rings (SSSR count). The molecule has 0 radical (unpaired) electrons. The standard InChI is InChI=1S/C27H30ClNO3S2/c1-19-10-16-23(17-11-19)34(31)29-25(20-12-14-21(28)15-13-20)24(26(30)32-27(2,3)4)18-33-22-8-6-5-7-9-22/h5-17,24-25,29H,18H2,1-4H3/t24-,25+,34+/m1/s1. The zero-order chi connectivity index (χ0) is 24.7. The first-order valence-electron chi connectivity index (χ1n) is 11.0. The van der Waals surface area contributed by atoms with Crippen molar-refractivity contribution in [1.82, 2.24) is 4.72 Å². The van der Waals surface area contributed by atoms with Crippen LogP contribution in [0.4, 0.5) is 0 Å². The highest BCUT2D eigenvalue weighted by Crippen LogP contribution is 2.32. The van der Waals surface area contributed by atoms with Crippen LogP contribution in [0.2, 0.25) is 5.02 Å². The number of nitrogens with one attached hydrogen (secondary N) is 1. The lowest BCUT2D eigenvalue weighted by molar-refractivity contribution is -0.160. The Labute approximate surface area is 214 Å². The fourth-order valence-corrected chi connectivity index (χ4v) is 5.50. The van der Waals surface area contributed by atoms with Crippen LogP contribution in [0.25, 0.3) is 0 Å². The molecule has 0 amide bonds. The third-order valence-electron chi connectivity index (χ3n) is 4.98. The summed E-state index contributed by atoms with van der Waals surface area (Å²) in [4.78, 5) is 15.1. The van der Waals surface area contributed by atoms with E-state index in [2.05, 4.69) is 4.72 Å². The molecule has 34 heavy (non-hydrogen) atoms. The second kappa shape index (κ2) is 12.0. The fourth-order valence-electron chi connectivity index (χ4n) is 3.28. The van der Waals surface area contributed by atoms with Crippen molar-refractivity contribution in [2.75, 3.05) is 5.75 Å². The van der Waals surface area contributed by atoms with Gasteiger partial charge in [-0.25, -0.2) is 8.93 Å². The Kier molecular flexibility index (Phi) is 9.37. The molecule has 180 valence electrons. The summed E-state index contributed by atoms with van der Waals surface area (Å²) in [6, 6.07) is 24.1. The molecule has 0 aliphatic heterocycles. The van der Waals surface area contributed by atoms with Crippen LogP contribution in [0.15, 0.2) is 88.7 Å². The van der Waals surface area contributed by atoms with Gasteiger partial charge in [-0.15, -0.1) is 11.8 Å². The van der Waals surface area contributed by atoms with E-state index in [-0.39, 0.29) is 5.97 Å². The van der Waals surface area contributed by atoms with Crippen LogP contribution >= 0.6 is 23.4 Å². The van der Waals surface area contributed by atoms with Gasteiger partial charge in [0, 0.05) is 15.7 Å². The molecule has 0 bridgehead atoms. The highest BCUT2D eigenvalue weighted by atomic mass is 35.5. The third kappa shape index (κ3) is 7.98. The van der Waals surface area contributed by atoms with Gasteiger partial charge in [0.2, 0.25) is 0 Å². The Balaban J connectivity index is 1.96. The Morgan fingerprint density at radius 1 is 1.00 bits per heavy atom. The molecular formula is C27H30ClNO3S2. The SMILES string of the molecule is Cc1ccc([S@](=O)N[C@@H](c2ccc(Cl)cc2)[C@@H](CSc2ccccc2)C(=O)OC(C)(C)C)cc1. The average molecular weight is 516 g/mol. The smallest absolute Gasteiger partial charge is 0.312 e. The molecular weight excluding hydrogens is 486 g/mol. The quantitative estimate of drug-likeness (QED) is 0.253. The lowest BCUT2D eigenvalue weighted by atomic mass is 9.95. The van der Waals surface area contributed by atoms with Crippen LogP contribution in [0.3, 0.4) is 0 Å². The highest BCUT2D eigenvalue weighted by molar-refractivity contribution is 7.99. The number of hydrogen-bond donors (Lipinski definition) is 1. The minimum Gasteiger partial charge on any atom is -0.460 e. The summed E-state index contributed by atoms with van der Waals surface area (Å²) in [5.74, 6) is -0.492. The summed E-state index contributed by atoms with van der Waals surface area (Å²) in [6.07, 6.45) is 0. The Hall–Kier alpha value is -2.12. The van der Waals surface area contributed by atoms with Crippen molar-refractivity contribution in [1.29, 1.82) is 0 Å². The van der Waals surface area contributed by atoms with Gasteiger partial charge in [0.15, 0.2) is 0 Å². The summed E-state index contributed by atoms with van der Waals surface area (Å²) in [5, 5.41) is 0.592. The van der Waals surface area contributed by atoms with Crippen molar-refractivity contribution in [2.24, 2.45) is 5.92 Å². The number of carbonyl (C=O) groups is 1. The fraction of sp³-hybridized carbons (Fsp3) is 0.296. The number of rotatable bonds is 9. The van der Waals surface area contributed by atoms with Crippen LogP contribution in [-0.4, -0.2) is 21.5 Å². The van der Waals surface area contributed by atoms with E-state index < -0.39 is 28.5 Å². The van der Waals surface area contributed by atoms with E-state index in [1.54, 1.807) is 23.9 Å². The number of halogens is 1. The number of aryl methyl sites for hydroxylation is 1. The van der Waals surface area contributed by atoms with Crippen molar-refractivity contribution in [3.05, 3.63) is 95.0 Å². The Morgan fingerprint density at radius 2 is 1.62 bits per heavy atom. The van der Waals surface area contributed by atoms with E-state index in [9.17, 15) is 9.00 Å². The summed E-state index contributed by atoms with van der Waals surface area (Å²) < 4.78 is 22.3. The minimum atomic E-state index is -1.54. The van der Waals surface area contributed by atoms with Crippen LogP contribution < -0.4 is 4.72 Å². The zero-order valence-electron chi connectivity index (χ0n) is 19.8. The lowest BCUT2D eigenvalue weighted by Crippen LogP contribution is -2.39. The molecule has 0 fully saturated rings. The van der Waals surface area contributed by atoms with Gasteiger partial charge in [0.25, 0.3) is 0 Å². The van der Waals surface area contributed by atoms with Crippen molar-refractivity contribution < 1.29 is 13.7 Å².